The van der Waals surface area contributed by atoms with Crippen LogP contribution >= 0.6 is 11.6 Å². The van der Waals surface area contributed by atoms with Gasteiger partial charge in [-0.3, -0.25) is 9.59 Å². The number of hydrogen-bond acceptors (Lipinski definition) is 4. The van der Waals surface area contributed by atoms with Gasteiger partial charge in [-0.05, 0) is 63.8 Å². The second-order valence-corrected chi connectivity index (χ2v) is 10.1. The Morgan fingerprint density at radius 1 is 1.21 bits per heavy atom. The van der Waals surface area contributed by atoms with Gasteiger partial charge in [-0.15, -0.1) is 0 Å². The van der Waals surface area contributed by atoms with Crippen LogP contribution in [0.2, 0.25) is 5.02 Å². The topological polar surface area (TPSA) is 90.2 Å². The Hall–Kier alpha value is -2.56. The number of carbonyl (C=O) groups excluding carboxylic acids is 2. The average Bonchev–Trinajstić information content (AvgIpc) is 3.46. The molecule has 1 saturated heterocycles. The number of aromatic nitrogens is 1. The second kappa shape index (κ2) is 10.8. The summed E-state index contributed by atoms with van der Waals surface area (Å²) in [6, 6.07) is 7.03. The molecule has 0 radical (unpaired) electrons. The summed E-state index contributed by atoms with van der Waals surface area (Å²) in [7, 11) is 1.75. The number of nitrogens with one attached hydrogen (secondary N) is 2. The third-order valence-corrected chi connectivity index (χ3v) is 7.78. The Labute approximate surface area is 206 Å². The van der Waals surface area contributed by atoms with Gasteiger partial charge in [0.25, 0.3) is 0 Å². The molecule has 34 heavy (non-hydrogen) atoms. The van der Waals surface area contributed by atoms with Crippen LogP contribution in [0, 0.1) is 17.2 Å². The summed E-state index contributed by atoms with van der Waals surface area (Å²) in [4.78, 5) is 28.6. The minimum absolute atomic E-state index is 0.0232. The predicted molar refractivity (Wildman–Crippen MR) is 133 cm³/mol. The molecule has 3 unspecified atom stereocenters. The molecule has 1 aliphatic heterocycles. The molecular weight excluding hydrogens is 450 g/mol. The first-order chi connectivity index (χ1) is 16.4. The molecule has 1 aromatic carbocycles. The molecule has 8 heteroatoms. The number of amides is 2. The van der Waals surface area contributed by atoms with Gasteiger partial charge in [0.2, 0.25) is 11.8 Å². The minimum Gasteiger partial charge on any atom is -0.344 e. The van der Waals surface area contributed by atoms with Crippen LogP contribution in [0.15, 0.2) is 24.4 Å². The smallest absolute Gasteiger partial charge is 0.245 e. The Kier molecular flexibility index (Phi) is 7.80. The van der Waals surface area contributed by atoms with Gasteiger partial charge in [0.05, 0.1) is 11.6 Å². The third-order valence-electron chi connectivity index (χ3n) is 7.54. The molecule has 2 amide bonds. The van der Waals surface area contributed by atoms with Crippen LogP contribution in [0.4, 0.5) is 0 Å². The van der Waals surface area contributed by atoms with Crippen LogP contribution in [-0.2, 0) is 16.1 Å². The molecule has 4 rings (SSSR count). The molecule has 1 aliphatic carbocycles. The molecule has 0 bridgehead atoms. The Balaban J connectivity index is 1.57. The van der Waals surface area contributed by atoms with Crippen molar-refractivity contribution in [1.82, 2.24) is 20.1 Å². The monoisotopic (exact) mass is 483 g/mol. The van der Waals surface area contributed by atoms with Crippen LogP contribution < -0.4 is 10.6 Å². The fourth-order valence-corrected chi connectivity index (χ4v) is 5.66. The summed E-state index contributed by atoms with van der Waals surface area (Å²) in [5.74, 6) is 0.0791. The summed E-state index contributed by atoms with van der Waals surface area (Å²) in [6.07, 6.45) is 9.03. The van der Waals surface area contributed by atoms with Crippen LogP contribution in [0.3, 0.4) is 0 Å². The zero-order valence-electron chi connectivity index (χ0n) is 20.0. The first-order valence-corrected chi connectivity index (χ1v) is 12.8. The maximum absolute atomic E-state index is 13.9. The number of carbonyl (C=O) groups is 2. The van der Waals surface area contributed by atoms with Gasteiger partial charge in [0.1, 0.15) is 12.1 Å². The molecule has 1 aromatic heterocycles. The highest BCUT2D eigenvalue weighted by molar-refractivity contribution is 6.31. The van der Waals surface area contributed by atoms with Crippen molar-refractivity contribution in [1.29, 1.82) is 5.26 Å². The van der Waals surface area contributed by atoms with Gasteiger partial charge in [-0.1, -0.05) is 30.9 Å². The molecule has 7 nitrogen and oxygen atoms in total. The Morgan fingerprint density at radius 3 is 2.68 bits per heavy atom. The molecule has 182 valence electrons. The maximum Gasteiger partial charge on any atom is 0.245 e. The Bertz CT molecular complexity index is 1080. The van der Waals surface area contributed by atoms with E-state index in [9.17, 15) is 14.9 Å². The number of rotatable bonds is 7. The molecule has 2 N–H and O–H groups in total. The molecule has 2 aromatic rings. The Morgan fingerprint density at radius 2 is 1.97 bits per heavy atom. The van der Waals surface area contributed by atoms with Crippen molar-refractivity contribution in [3.63, 3.8) is 0 Å². The van der Waals surface area contributed by atoms with E-state index in [-0.39, 0.29) is 29.8 Å². The fourth-order valence-electron chi connectivity index (χ4n) is 5.49. The quantitative estimate of drug-likeness (QED) is 0.626. The highest BCUT2D eigenvalue weighted by Crippen LogP contribution is 2.31. The first-order valence-electron chi connectivity index (χ1n) is 12.4. The lowest BCUT2D eigenvalue weighted by Gasteiger charge is -2.35. The van der Waals surface area contributed by atoms with Crippen molar-refractivity contribution in [2.24, 2.45) is 5.92 Å². The van der Waals surface area contributed by atoms with Crippen molar-refractivity contribution >= 4 is 34.3 Å². The SMILES string of the molecule is CNC(C)C(=O)NC(C(=O)N1CCCC1Cn1cc(C#N)c2cc(Cl)ccc21)C1CCCCC1. The second-order valence-electron chi connectivity index (χ2n) is 9.69. The first kappa shape index (κ1) is 24.6. The van der Waals surface area contributed by atoms with E-state index in [2.05, 4.69) is 21.3 Å². The molecule has 2 aliphatic rings. The van der Waals surface area contributed by atoms with Crippen molar-refractivity contribution < 1.29 is 9.59 Å². The number of benzene rings is 1. The summed E-state index contributed by atoms with van der Waals surface area (Å²) in [5, 5.41) is 17.1. The standard InChI is InChI=1S/C26H34ClN5O2/c1-17(29-2)25(33)30-24(18-7-4-3-5-8-18)26(34)32-12-6-9-21(32)16-31-15-19(14-28)22-13-20(27)10-11-23(22)31/h10-11,13,15,17-18,21,24,29H,3-9,12,16H2,1-2H3,(H,30,33). The summed E-state index contributed by atoms with van der Waals surface area (Å²) in [5.41, 5.74) is 1.53. The van der Waals surface area contributed by atoms with E-state index >= 15 is 0 Å². The predicted octanol–water partition coefficient (Wildman–Crippen LogP) is 3.83. The van der Waals surface area contributed by atoms with E-state index in [4.69, 9.17) is 11.6 Å². The van der Waals surface area contributed by atoms with Crippen LogP contribution in [0.25, 0.3) is 10.9 Å². The summed E-state index contributed by atoms with van der Waals surface area (Å²) >= 11 is 6.16. The van der Waals surface area contributed by atoms with Gasteiger partial charge < -0.3 is 20.1 Å². The maximum atomic E-state index is 13.9. The number of fused-ring (bicyclic) bond motifs is 1. The molecule has 0 spiro atoms. The zero-order valence-corrected chi connectivity index (χ0v) is 20.8. The van der Waals surface area contributed by atoms with Gasteiger partial charge in [-0.25, -0.2) is 0 Å². The molecule has 2 heterocycles. The fraction of sp³-hybridized carbons (Fsp3) is 0.577. The van der Waals surface area contributed by atoms with Crippen molar-refractivity contribution in [3.8, 4) is 6.07 Å². The third kappa shape index (κ3) is 5.08. The lowest BCUT2D eigenvalue weighted by Crippen LogP contribution is -2.56. The van der Waals surface area contributed by atoms with E-state index in [1.54, 1.807) is 7.05 Å². The van der Waals surface area contributed by atoms with Crippen LogP contribution in [0.5, 0.6) is 0 Å². The van der Waals surface area contributed by atoms with Crippen LogP contribution in [0.1, 0.15) is 57.4 Å². The minimum atomic E-state index is -0.487. The highest BCUT2D eigenvalue weighted by Gasteiger charge is 2.38. The van der Waals surface area contributed by atoms with E-state index in [0.717, 1.165) is 49.4 Å². The molecule has 3 atom stereocenters. The number of nitriles is 1. The van der Waals surface area contributed by atoms with Gasteiger partial charge in [0.15, 0.2) is 0 Å². The van der Waals surface area contributed by atoms with Crippen molar-refractivity contribution in [2.75, 3.05) is 13.6 Å². The number of likely N-dealkylation sites (N-methyl/N-ethyl adjacent to an activating group) is 1. The van der Waals surface area contributed by atoms with E-state index in [1.165, 1.54) is 6.42 Å². The number of hydrogen-bond donors (Lipinski definition) is 2. The van der Waals surface area contributed by atoms with E-state index in [1.807, 2.05) is 36.2 Å². The van der Waals surface area contributed by atoms with Gasteiger partial charge in [-0.2, -0.15) is 5.26 Å². The summed E-state index contributed by atoms with van der Waals surface area (Å²) in [6.45, 7) is 3.12. The largest absolute Gasteiger partial charge is 0.344 e. The number of halogens is 1. The summed E-state index contributed by atoms with van der Waals surface area (Å²) < 4.78 is 2.07. The highest BCUT2D eigenvalue weighted by atomic mass is 35.5. The molecular formula is C26H34ClN5O2. The number of likely N-dealkylation sites (tertiary alicyclic amines) is 1. The van der Waals surface area contributed by atoms with Gasteiger partial charge in [0, 0.05) is 41.3 Å². The lowest BCUT2D eigenvalue weighted by molar-refractivity contribution is -0.139. The molecule has 1 saturated carbocycles. The van der Waals surface area contributed by atoms with E-state index < -0.39 is 6.04 Å². The average molecular weight is 484 g/mol. The zero-order chi connectivity index (χ0) is 24.2. The normalized spacial score (nSPS) is 20.8. The van der Waals surface area contributed by atoms with Crippen molar-refractivity contribution in [2.45, 2.75) is 76.5 Å². The van der Waals surface area contributed by atoms with Gasteiger partial charge >= 0.3 is 0 Å². The van der Waals surface area contributed by atoms with E-state index in [0.29, 0.717) is 23.7 Å². The van der Waals surface area contributed by atoms with Crippen LogP contribution in [-0.4, -0.2) is 53.0 Å². The number of nitrogens with zero attached hydrogens (tertiary/aromatic N) is 3. The molecule has 2 fully saturated rings. The lowest BCUT2D eigenvalue weighted by atomic mass is 9.83. The van der Waals surface area contributed by atoms with Crippen molar-refractivity contribution in [3.05, 3.63) is 35.0 Å².